The minimum atomic E-state index is -5.08. The first-order chi connectivity index (χ1) is 21.0. The van der Waals surface area contributed by atoms with Crippen LogP contribution in [0.1, 0.15) is 18.6 Å². The largest absolute Gasteiger partial charge is 0.490 e. The zero-order valence-corrected chi connectivity index (χ0v) is 22.9. The van der Waals surface area contributed by atoms with Crippen molar-refractivity contribution in [1.82, 2.24) is 14.8 Å². The Hall–Kier alpha value is -5.25. The molecular formula is C29H23F7N4O5. The summed E-state index contributed by atoms with van der Waals surface area (Å²) < 4.78 is 84.8. The number of para-hydroxylation sites is 1. The van der Waals surface area contributed by atoms with Crippen molar-refractivity contribution >= 4 is 33.7 Å². The smallest absolute Gasteiger partial charge is 0.484 e. The molecule has 9 nitrogen and oxygen atoms in total. The van der Waals surface area contributed by atoms with Gasteiger partial charge in [-0.15, -0.1) is 0 Å². The van der Waals surface area contributed by atoms with Gasteiger partial charge in [-0.3, -0.25) is 4.98 Å². The van der Waals surface area contributed by atoms with Gasteiger partial charge in [-0.1, -0.05) is 18.2 Å². The van der Waals surface area contributed by atoms with Gasteiger partial charge in [0.2, 0.25) is 0 Å². The van der Waals surface area contributed by atoms with Crippen LogP contribution in [0.2, 0.25) is 0 Å². The number of hydrogen-bond acceptors (Lipinski definition) is 6. The van der Waals surface area contributed by atoms with Gasteiger partial charge in [0.1, 0.15) is 17.7 Å². The number of nitrogens with zero attached hydrogens (tertiary/aromatic N) is 3. The average molecular weight is 641 g/mol. The van der Waals surface area contributed by atoms with Gasteiger partial charge < -0.3 is 20.7 Å². The van der Waals surface area contributed by atoms with Crippen LogP contribution in [0.3, 0.4) is 0 Å². The number of alkyl halides is 6. The highest BCUT2D eigenvalue weighted by atomic mass is 19.4. The van der Waals surface area contributed by atoms with Crippen molar-refractivity contribution in [3.05, 3.63) is 96.6 Å². The molecule has 0 radical (unpaired) electrons. The molecule has 16 heteroatoms. The molecule has 238 valence electrons. The quantitative estimate of drug-likeness (QED) is 0.186. The van der Waals surface area contributed by atoms with Gasteiger partial charge in [-0.05, 0) is 61.5 Å². The van der Waals surface area contributed by atoms with Crippen LogP contribution in [-0.4, -0.2) is 55.3 Å². The maximum absolute atomic E-state index is 13.2. The van der Waals surface area contributed by atoms with Crippen molar-refractivity contribution in [2.75, 3.05) is 0 Å². The minimum Gasteiger partial charge on any atom is -0.484 e. The van der Waals surface area contributed by atoms with E-state index in [0.29, 0.717) is 5.75 Å². The molecule has 0 aliphatic carbocycles. The number of carbonyl (C=O) groups is 2. The molecule has 2 atom stereocenters. The van der Waals surface area contributed by atoms with Crippen molar-refractivity contribution in [1.29, 1.82) is 0 Å². The second kappa shape index (κ2) is 14.0. The Kier molecular flexibility index (Phi) is 10.7. The summed E-state index contributed by atoms with van der Waals surface area (Å²) in [5.74, 6) is -5.09. The van der Waals surface area contributed by atoms with E-state index in [1.807, 2.05) is 55.6 Å². The molecule has 5 aromatic rings. The summed E-state index contributed by atoms with van der Waals surface area (Å²) in [6.45, 7) is 1.92. The topological polar surface area (TPSA) is 141 Å². The number of halogens is 7. The fourth-order valence-corrected chi connectivity index (χ4v) is 3.74. The maximum Gasteiger partial charge on any atom is 0.490 e. The fourth-order valence-electron chi connectivity index (χ4n) is 3.74. The molecule has 0 saturated heterocycles. The highest BCUT2D eigenvalue weighted by Crippen LogP contribution is 2.29. The van der Waals surface area contributed by atoms with Crippen LogP contribution in [0.15, 0.2) is 85.2 Å². The summed E-state index contributed by atoms with van der Waals surface area (Å²) in [5, 5.41) is 20.7. The molecule has 2 aromatic heterocycles. The van der Waals surface area contributed by atoms with Crippen LogP contribution in [0.4, 0.5) is 30.7 Å². The molecule has 2 heterocycles. The number of rotatable bonds is 5. The molecular weight excluding hydrogens is 617 g/mol. The van der Waals surface area contributed by atoms with Crippen LogP contribution in [0.25, 0.3) is 27.5 Å². The van der Waals surface area contributed by atoms with E-state index >= 15 is 0 Å². The molecule has 0 fully saturated rings. The number of ether oxygens (including phenoxy) is 1. The predicted octanol–water partition coefficient (Wildman–Crippen LogP) is 6.45. The lowest BCUT2D eigenvalue weighted by molar-refractivity contribution is -0.193. The molecule has 0 spiro atoms. The van der Waals surface area contributed by atoms with E-state index in [2.05, 4.69) is 16.1 Å². The van der Waals surface area contributed by atoms with E-state index in [1.165, 1.54) is 12.1 Å². The minimum absolute atomic E-state index is 0.236. The molecule has 4 N–H and O–H groups in total. The molecule has 45 heavy (non-hydrogen) atoms. The van der Waals surface area contributed by atoms with Gasteiger partial charge >= 0.3 is 24.3 Å². The Labute approximate surface area is 249 Å². The number of fused-ring (bicyclic) bond motifs is 2. The first kappa shape index (κ1) is 34.2. The number of carboxylic acids is 2. The van der Waals surface area contributed by atoms with Crippen molar-refractivity contribution in [3.63, 3.8) is 0 Å². The lowest BCUT2D eigenvalue weighted by Gasteiger charge is -2.23. The predicted molar refractivity (Wildman–Crippen MR) is 147 cm³/mol. The molecule has 3 aromatic carbocycles. The number of nitrogens with two attached hydrogens (primary N) is 1. The van der Waals surface area contributed by atoms with E-state index in [-0.39, 0.29) is 18.0 Å². The number of carboxylic acid groups (broad SMARTS) is 2. The van der Waals surface area contributed by atoms with Crippen LogP contribution < -0.4 is 10.5 Å². The van der Waals surface area contributed by atoms with Crippen LogP contribution in [0, 0.1) is 5.82 Å². The van der Waals surface area contributed by atoms with Gasteiger partial charge in [-0.25, -0.2) is 18.7 Å². The Bertz CT molecular complexity index is 1750. The van der Waals surface area contributed by atoms with Crippen LogP contribution >= 0.6 is 0 Å². The number of aliphatic carboxylic acids is 2. The number of benzene rings is 3. The highest BCUT2D eigenvalue weighted by Gasteiger charge is 2.38. The molecule has 5 rings (SSSR count). The standard InChI is InChI=1S/C25H21FN4O.2C2HF3O2/c1-16(27)25(19-12-17-4-2-3-5-23(17)28-14-19)31-22-10-11-24-18(13-22)15-29-30(24)21-8-6-20(26)7-9-21;2*3-2(4,5)1(6)7/h2-16,25H,27H2,1H3;2*(H,6,7). The third-order valence-electron chi connectivity index (χ3n) is 5.78. The Morgan fingerprint density at radius 1 is 0.844 bits per heavy atom. The first-order valence-electron chi connectivity index (χ1n) is 12.6. The van der Waals surface area contributed by atoms with Gasteiger partial charge in [-0.2, -0.15) is 31.4 Å². The summed E-state index contributed by atoms with van der Waals surface area (Å²) in [7, 11) is 0. The molecule has 2 unspecified atom stereocenters. The van der Waals surface area contributed by atoms with E-state index in [4.69, 9.17) is 30.3 Å². The molecule has 0 amide bonds. The van der Waals surface area contributed by atoms with Gasteiger partial charge in [0.05, 0.1) is 22.9 Å². The van der Waals surface area contributed by atoms with Crippen molar-refractivity contribution in [3.8, 4) is 11.4 Å². The molecule has 0 saturated carbocycles. The van der Waals surface area contributed by atoms with E-state index in [9.17, 15) is 30.7 Å². The highest BCUT2D eigenvalue weighted by molar-refractivity contribution is 5.82. The zero-order chi connectivity index (χ0) is 33.5. The zero-order valence-electron chi connectivity index (χ0n) is 22.9. The summed E-state index contributed by atoms with van der Waals surface area (Å²) in [5.41, 5.74) is 9.83. The lowest BCUT2D eigenvalue weighted by Crippen LogP contribution is -2.29. The molecule has 0 bridgehead atoms. The van der Waals surface area contributed by atoms with Gasteiger partial charge in [0.25, 0.3) is 0 Å². The second-order valence-electron chi connectivity index (χ2n) is 9.22. The van der Waals surface area contributed by atoms with Crippen molar-refractivity contribution < 1.29 is 55.3 Å². The summed E-state index contributed by atoms with van der Waals surface area (Å²) >= 11 is 0. The van der Waals surface area contributed by atoms with E-state index < -0.39 is 24.3 Å². The SMILES string of the molecule is CC(N)C(Oc1ccc2c(cnn2-c2ccc(F)cc2)c1)c1cnc2ccccc2c1.O=C(O)C(F)(F)F.O=C(O)C(F)(F)F. The Balaban J connectivity index is 0.000000331. The maximum atomic E-state index is 13.2. The van der Waals surface area contributed by atoms with E-state index in [1.54, 1.807) is 23.0 Å². The van der Waals surface area contributed by atoms with Gasteiger partial charge in [0.15, 0.2) is 0 Å². The second-order valence-corrected chi connectivity index (χ2v) is 9.22. The van der Waals surface area contributed by atoms with Crippen LogP contribution in [0.5, 0.6) is 5.75 Å². The summed E-state index contributed by atoms with van der Waals surface area (Å²) in [6.07, 6.45) is -6.92. The Morgan fingerprint density at radius 3 is 1.98 bits per heavy atom. The average Bonchev–Trinajstić information content (AvgIpc) is 3.39. The fraction of sp³-hybridized carbons (Fsp3) is 0.172. The third-order valence-corrected chi connectivity index (χ3v) is 5.78. The van der Waals surface area contributed by atoms with E-state index in [0.717, 1.165) is 33.1 Å². The van der Waals surface area contributed by atoms with Crippen molar-refractivity contribution in [2.45, 2.75) is 31.4 Å². The third kappa shape index (κ3) is 9.37. The molecule has 0 aliphatic rings. The van der Waals surface area contributed by atoms with Crippen LogP contribution in [-0.2, 0) is 9.59 Å². The summed E-state index contributed by atoms with van der Waals surface area (Å²) in [4.78, 5) is 22.3. The first-order valence-corrected chi connectivity index (χ1v) is 12.6. The summed E-state index contributed by atoms with van der Waals surface area (Å²) in [6, 6.07) is 21.8. The van der Waals surface area contributed by atoms with Crippen molar-refractivity contribution in [2.24, 2.45) is 5.73 Å². The number of pyridine rings is 1. The number of aromatic nitrogens is 3. The number of hydrogen-bond donors (Lipinski definition) is 3. The molecule has 0 aliphatic heterocycles. The Morgan fingerprint density at radius 2 is 1.42 bits per heavy atom. The lowest BCUT2D eigenvalue weighted by atomic mass is 10.0. The van der Waals surface area contributed by atoms with Gasteiger partial charge in [0, 0.05) is 28.6 Å². The normalized spacial score (nSPS) is 12.7. The monoisotopic (exact) mass is 640 g/mol.